The van der Waals surface area contributed by atoms with E-state index in [-0.39, 0.29) is 30.8 Å². The number of nitrogens with zero attached hydrogens (tertiary/aromatic N) is 1. The molecule has 4 aliphatic rings. The third-order valence-electron chi connectivity index (χ3n) is 12.7. The van der Waals surface area contributed by atoms with E-state index in [1.165, 1.54) is 25.9 Å². The van der Waals surface area contributed by atoms with Gasteiger partial charge in [-0.1, -0.05) is 27.7 Å². The lowest BCUT2D eigenvalue weighted by molar-refractivity contribution is -0.318. The van der Waals surface area contributed by atoms with Crippen LogP contribution in [0.25, 0.3) is 0 Å². The standard InChI is InChI=1S/C38H67NO13/c1-14-26(41)38(11,45)33-20(4)29-18(2)16-37(10,52-29)32(51-35-28(42)25(15-19(3)47-35)39(12)24(8)40)21(5)30(22(6)34(44)50-33)49-27-17-36(9,46-13)31(43)23(7)48-27/h18-23,25-33,35,41-43,45H,14-17H2,1-13H3/t18-,19-,20+,21+,22-,23+,25+,26-,27+,28-,29+,30+,31+,32-,33-,35+,36-,37-,38-/m1/s1. The van der Waals surface area contributed by atoms with Gasteiger partial charge in [-0.3, -0.25) is 9.59 Å². The summed E-state index contributed by atoms with van der Waals surface area (Å²) >= 11 is 0. The first-order valence-electron chi connectivity index (χ1n) is 19.1. The number of likely N-dealkylation sites (N-methyl/N-ethyl adjacent to an activating group) is 1. The van der Waals surface area contributed by atoms with Crippen molar-refractivity contribution in [2.45, 2.75) is 192 Å². The maximum Gasteiger partial charge on any atom is 0.311 e. The molecule has 4 fully saturated rings. The van der Waals surface area contributed by atoms with Crippen LogP contribution in [0.4, 0.5) is 0 Å². The van der Waals surface area contributed by atoms with Gasteiger partial charge in [0.15, 0.2) is 12.6 Å². The van der Waals surface area contributed by atoms with E-state index in [0.29, 0.717) is 12.8 Å². The van der Waals surface area contributed by atoms with Gasteiger partial charge in [-0.05, 0) is 66.7 Å². The first kappa shape index (κ1) is 43.3. The fraction of sp³-hybridized carbons (Fsp3) is 0.947. The summed E-state index contributed by atoms with van der Waals surface area (Å²) in [5.41, 5.74) is -3.86. The maximum absolute atomic E-state index is 14.3. The highest BCUT2D eigenvalue weighted by Crippen LogP contribution is 2.48. The average Bonchev–Trinajstić information content (AvgIpc) is 3.40. The second kappa shape index (κ2) is 16.3. The highest BCUT2D eigenvalue weighted by molar-refractivity contribution is 5.73. The number of methoxy groups -OCH3 is 1. The second-order valence-electron chi connectivity index (χ2n) is 16.9. The van der Waals surface area contributed by atoms with Crippen LogP contribution in [0.5, 0.6) is 0 Å². The molecule has 4 saturated heterocycles. The van der Waals surface area contributed by atoms with Crippen LogP contribution in [0.3, 0.4) is 0 Å². The number of fused-ring (bicyclic) bond motifs is 2. The minimum absolute atomic E-state index is 0.107. The number of rotatable bonds is 9. The van der Waals surface area contributed by atoms with Crippen molar-refractivity contribution in [3.05, 3.63) is 0 Å². The lowest BCUT2D eigenvalue weighted by atomic mass is 9.76. The first-order chi connectivity index (χ1) is 24.0. The number of esters is 1. The molecule has 4 rings (SSSR count). The number of ether oxygens (including phenoxy) is 7. The van der Waals surface area contributed by atoms with Gasteiger partial charge < -0.3 is 58.5 Å². The summed E-state index contributed by atoms with van der Waals surface area (Å²) in [6.07, 6.45) is -8.61. The van der Waals surface area contributed by atoms with E-state index in [2.05, 4.69) is 0 Å². The van der Waals surface area contributed by atoms with Crippen LogP contribution >= 0.6 is 0 Å². The molecule has 14 nitrogen and oxygen atoms in total. The Bertz CT molecular complexity index is 1240. The van der Waals surface area contributed by atoms with Crippen LogP contribution in [-0.2, 0) is 42.7 Å². The number of cyclic esters (lactones) is 1. The molecule has 52 heavy (non-hydrogen) atoms. The van der Waals surface area contributed by atoms with Crippen molar-refractivity contribution in [2.24, 2.45) is 23.7 Å². The quantitative estimate of drug-likeness (QED) is 0.253. The molecule has 0 saturated carbocycles. The molecule has 19 atom stereocenters. The minimum atomic E-state index is -1.82. The predicted molar refractivity (Wildman–Crippen MR) is 189 cm³/mol. The first-order valence-corrected chi connectivity index (χ1v) is 19.1. The van der Waals surface area contributed by atoms with E-state index in [0.717, 1.165) is 0 Å². The Morgan fingerprint density at radius 2 is 1.69 bits per heavy atom. The van der Waals surface area contributed by atoms with E-state index >= 15 is 0 Å². The van der Waals surface area contributed by atoms with E-state index < -0.39 is 108 Å². The number of hydrogen-bond acceptors (Lipinski definition) is 13. The van der Waals surface area contributed by atoms with Crippen LogP contribution < -0.4 is 0 Å². The van der Waals surface area contributed by atoms with Crippen LogP contribution in [0.15, 0.2) is 0 Å². The molecule has 0 unspecified atom stereocenters. The molecule has 4 heterocycles. The molecule has 1 amide bonds. The van der Waals surface area contributed by atoms with Gasteiger partial charge in [0.05, 0.1) is 59.8 Å². The van der Waals surface area contributed by atoms with E-state index in [4.69, 9.17) is 33.2 Å². The summed E-state index contributed by atoms with van der Waals surface area (Å²) in [7, 11) is 3.16. The Balaban J connectivity index is 1.83. The van der Waals surface area contributed by atoms with Crippen molar-refractivity contribution in [2.75, 3.05) is 14.2 Å². The topological polar surface area (TPSA) is 183 Å². The zero-order chi connectivity index (χ0) is 39.2. The lowest BCUT2D eigenvalue weighted by Crippen LogP contribution is -2.60. The van der Waals surface area contributed by atoms with E-state index in [1.54, 1.807) is 34.7 Å². The molecule has 0 aromatic rings. The van der Waals surface area contributed by atoms with Crippen LogP contribution in [-0.4, -0.2) is 142 Å². The molecule has 4 N–H and O–H groups in total. The summed E-state index contributed by atoms with van der Waals surface area (Å²) in [5, 5.41) is 45.4. The molecule has 0 aromatic heterocycles. The van der Waals surface area contributed by atoms with Crippen LogP contribution in [0.2, 0.25) is 0 Å². The zero-order valence-electron chi connectivity index (χ0n) is 33.5. The number of aliphatic hydroxyl groups excluding tert-OH is 3. The third-order valence-corrected chi connectivity index (χ3v) is 12.7. The van der Waals surface area contributed by atoms with Crippen molar-refractivity contribution in [1.82, 2.24) is 4.90 Å². The number of carbonyl (C=O) groups excluding carboxylic acids is 2. The number of carbonyl (C=O) groups is 2. The summed E-state index contributed by atoms with van der Waals surface area (Å²) in [4.78, 5) is 28.2. The predicted octanol–water partition coefficient (Wildman–Crippen LogP) is 2.54. The molecule has 302 valence electrons. The van der Waals surface area contributed by atoms with Crippen LogP contribution in [0.1, 0.15) is 102 Å². The Hall–Kier alpha value is -1.46. The number of hydrogen-bond donors (Lipinski definition) is 4. The highest BCUT2D eigenvalue weighted by atomic mass is 16.7. The van der Waals surface area contributed by atoms with Crippen molar-refractivity contribution >= 4 is 11.9 Å². The fourth-order valence-electron chi connectivity index (χ4n) is 9.31. The maximum atomic E-state index is 14.3. The summed E-state index contributed by atoms with van der Waals surface area (Å²) in [6, 6.07) is -0.572. The van der Waals surface area contributed by atoms with Crippen molar-refractivity contribution in [1.29, 1.82) is 0 Å². The largest absolute Gasteiger partial charge is 0.459 e. The number of aliphatic hydroxyl groups is 4. The summed E-state index contributed by atoms with van der Waals surface area (Å²) < 4.78 is 44.9. The molecular formula is C38H67NO13. The van der Waals surface area contributed by atoms with Gasteiger partial charge in [-0.2, -0.15) is 0 Å². The van der Waals surface area contributed by atoms with Gasteiger partial charge in [-0.25, -0.2) is 0 Å². The average molecular weight is 746 g/mol. The SMILES string of the molecule is CC[C@@H](O)[C@@](C)(O)[C@@H]1OC(=O)[C@H](C)[C@@H](O[C@H]2C[C@@](C)(OC)[C@@H](O)[C@H](C)O2)[C@H](C)[C@@H](O[C@@H]2O[C@H](C)C[C@H](N(C)C(C)=O)[C@H]2O)[C@@]2(C)C[C@@H](C)[C@H](O2)[C@@H]1C. The van der Waals surface area contributed by atoms with Crippen molar-refractivity contribution < 1.29 is 63.2 Å². The third kappa shape index (κ3) is 8.36. The van der Waals surface area contributed by atoms with Gasteiger partial charge >= 0.3 is 5.97 Å². The monoisotopic (exact) mass is 745 g/mol. The lowest BCUT2D eigenvalue weighted by Gasteiger charge is -2.48. The van der Waals surface area contributed by atoms with E-state index in [9.17, 15) is 30.0 Å². The Labute approximate surface area is 309 Å². The summed E-state index contributed by atoms with van der Waals surface area (Å²) in [5.74, 6) is -3.13. The normalized spacial score (nSPS) is 47.9. The van der Waals surface area contributed by atoms with Gasteiger partial charge in [0.25, 0.3) is 0 Å². The number of amides is 1. The van der Waals surface area contributed by atoms with Crippen molar-refractivity contribution in [3.63, 3.8) is 0 Å². The fourth-order valence-corrected chi connectivity index (χ4v) is 9.31. The smallest absolute Gasteiger partial charge is 0.311 e. The second-order valence-corrected chi connectivity index (χ2v) is 16.9. The molecule has 0 radical (unpaired) electrons. The molecule has 0 aromatic carbocycles. The molecule has 0 aliphatic carbocycles. The zero-order valence-corrected chi connectivity index (χ0v) is 33.5. The molecular weight excluding hydrogens is 678 g/mol. The summed E-state index contributed by atoms with van der Waals surface area (Å²) in [6.45, 7) is 19.4. The van der Waals surface area contributed by atoms with Gasteiger partial charge in [-0.15, -0.1) is 0 Å². The van der Waals surface area contributed by atoms with Gasteiger partial charge in [0, 0.05) is 39.3 Å². The van der Waals surface area contributed by atoms with Gasteiger partial charge in [0.1, 0.15) is 23.9 Å². The molecule has 4 aliphatic heterocycles. The molecule has 0 spiro atoms. The highest BCUT2D eigenvalue weighted by Gasteiger charge is 2.59. The van der Waals surface area contributed by atoms with Crippen molar-refractivity contribution in [3.8, 4) is 0 Å². The molecule has 14 heteroatoms. The Morgan fingerprint density at radius 3 is 2.27 bits per heavy atom. The van der Waals surface area contributed by atoms with E-state index in [1.807, 2.05) is 34.6 Å². The molecule has 2 bridgehead atoms. The van der Waals surface area contributed by atoms with Crippen LogP contribution in [0, 0.1) is 23.7 Å². The Morgan fingerprint density at radius 1 is 1.06 bits per heavy atom. The minimum Gasteiger partial charge on any atom is -0.459 e. The Kier molecular flexibility index (Phi) is 13.6. The van der Waals surface area contributed by atoms with Gasteiger partial charge in [0.2, 0.25) is 5.91 Å².